The largest absolute Gasteiger partial charge is 0.468 e. The fraction of sp³-hybridized carbons (Fsp3) is 0.571. The maximum Gasteiger partial charge on any atom is 0.325 e. The Kier molecular flexibility index (Phi) is 6.02. The van der Waals surface area contributed by atoms with E-state index >= 15 is 0 Å². The second kappa shape index (κ2) is 7.28. The highest BCUT2D eigenvalue weighted by molar-refractivity contribution is 7.14. The molecule has 0 fully saturated rings. The number of esters is 1. The van der Waals surface area contributed by atoms with E-state index in [1.165, 1.54) is 33.8 Å². The van der Waals surface area contributed by atoms with Gasteiger partial charge in [0.25, 0.3) is 5.91 Å². The number of carbonyl (C=O) groups is 2. The number of methoxy groups -OCH3 is 1. The number of amides is 1. The van der Waals surface area contributed by atoms with Crippen molar-refractivity contribution in [3.05, 3.63) is 21.4 Å². The van der Waals surface area contributed by atoms with Crippen LogP contribution in [0.15, 0.2) is 6.07 Å². The van der Waals surface area contributed by atoms with E-state index in [4.69, 9.17) is 0 Å². The molecule has 4 nitrogen and oxygen atoms in total. The summed E-state index contributed by atoms with van der Waals surface area (Å²) in [6.45, 7) is 6.51. The first-order valence-electron chi connectivity index (χ1n) is 6.48. The summed E-state index contributed by atoms with van der Waals surface area (Å²) in [6.07, 6.45) is 2.05. The van der Waals surface area contributed by atoms with Gasteiger partial charge in [0.15, 0.2) is 0 Å². The first-order valence-corrected chi connectivity index (χ1v) is 7.30. The molecule has 0 aliphatic rings. The van der Waals surface area contributed by atoms with Crippen molar-refractivity contribution in [1.82, 2.24) is 4.90 Å². The van der Waals surface area contributed by atoms with Crippen molar-refractivity contribution >= 4 is 23.2 Å². The lowest BCUT2D eigenvalue weighted by Crippen LogP contribution is -2.35. The molecule has 19 heavy (non-hydrogen) atoms. The quantitative estimate of drug-likeness (QED) is 0.754. The third kappa shape index (κ3) is 4.06. The van der Waals surface area contributed by atoms with E-state index in [-0.39, 0.29) is 12.5 Å². The van der Waals surface area contributed by atoms with Crippen molar-refractivity contribution in [3.63, 3.8) is 0 Å². The third-order valence-corrected chi connectivity index (χ3v) is 4.05. The summed E-state index contributed by atoms with van der Waals surface area (Å²) < 4.78 is 4.61. The van der Waals surface area contributed by atoms with E-state index in [0.717, 1.165) is 12.8 Å². The average molecular weight is 283 g/mol. The molecule has 0 aromatic carbocycles. The van der Waals surface area contributed by atoms with Crippen LogP contribution in [-0.4, -0.2) is 37.0 Å². The van der Waals surface area contributed by atoms with Gasteiger partial charge in [0.2, 0.25) is 0 Å². The first-order chi connectivity index (χ1) is 9.03. The van der Waals surface area contributed by atoms with Crippen LogP contribution in [0.3, 0.4) is 0 Å². The lowest BCUT2D eigenvalue weighted by molar-refractivity contribution is -0.141. The zero-order chi connectivity index (χ0) is 14.4. The Morgan fingerprint density at radius 1 is 1.37 bits per heavy atom. The number of aryl methyl sites for hydroxylation is 2. The molecule has 0 saturated carbocycles. The van der Waals surface area contributed by atoms with Crippen molar-refractivity contribution in [2.75, 3.05) is 20.2 Å². The number of nitrogens with zero attached hydrogens (tertiary/aromatic N) is 1. The number of carbonyl (C=O) groups excluding carboxylic acids is 2. The van der Waals surface area contributed by atoms with Gasteiger partial charge in [0.05, 0.1) is 12.0 Å². The van der Waals surface area contributed by atoms with Gasteiger partial charge in [0.1, 0.15) is 6.54 Å². The van der Waals surface area contributed by atoms with Gasteiger partial charge in [-0.3, -0.25) is 9.59 Å². The van der Waals surface area contributed by atoms with Crippen molar-refractivity contribution in [2.24, 2.45) is 0 Å². The van der Waals surface area contributed by atoms with Crippen molar-refractivity contribution in [3.8, 4) is 0 Å². The first kappa shape index (κ1) is 15.7. The Labute approximate surface area is 118 Å². The molecule has 1 aromatic rings. The van der Waals surface area contributed by atoms with Gasteiger partial charge >= 0.3 is 5.97 Å². The summed E-state index contributed by atoms with van der Waals surface area (Å²) in [6, 6.07) is 1.95. The summed E-state index contributed by atoms with van der Waals surface area (Å²) in [5.74, 6) is -0.486. The molecular weight excluding hydrogens is 262 g/mol. The molecule has 1 aromatic heterocycles. The molecule has 0 N–H and O–H groups in total. The predicted octanol–water partition coefficient (Wildman–Crippen LogP) is 2.64. The minimum Gasteiger partial charge on any atom is -0.468 e. The Hall–Kier alpha value is -1.36. The number of thiophene rings is 1. The fourth-order valence-corrected chi connectivity index (χ4v) is 2.89. The molecule has 0 aliphatic carbocycles. The van der Waals surface area contributed by atoms with Gasteiger partial charge < -0.3 is 9.64 Å². The molecule has 1 heterocycles. The van der Waals surface area contributed by atoms with Crippen LogP contribution in [0.1, 0.15) is 40.4 Å². The number of ether oxygens (including phenoxy) is 1. The van der Waals surface area contributed by atoms with E-state index in [1.807, 2.05) is 19.9 Å². The normalized spacial score (nSPS) is 10.3. The Balaban J connectivity index is 2.85. The maximum absolute atomic E-state index is 12.3. The highest BCUT2D eigenvalue weighted by atomic mass is 32.1. The molecular formula is C14H21NO3S. The summed E-state index contributed by atoms with van der Waals surface area (Å²) in [5, 5.41) is 0. The highest BCUT2D eigenvalue weighted by Gasteiger charge is 2.20. The molecule has 0 bridgehead atoms. The summed E-state index contributed by atoms with van der Waals surface area (Å²) in [5.41, 5.74) is 1.23. The second-order valence-corrected chi connectivity index (χ2v) is 5.59. The number of hydrogen-bond donors (Lipinski definition) is 0. The van der Waals surface area contributed by atoms with E-state index in [1.54, 1.807) is 0 Å². The fourth-order valence-electron chi connectivity index (χ4n) is 1.85. The van der Waals surface area contributed by atoms with Crippen LogP contribution < -0.4 is 0 Å². The van der Waals surface area contributed by atoms with Crippen LogP contribution in [-0.2, 0) is 16.0 Å². The van der Waals surface area contributed by atoms with E-state index in [9.17, 15) is 9.59 Å². The maximum atomic E-state index is 12.3. The molecule has 0 spiro atoms. The monoisotopic (exact) mass is 283 g/mol. The summed E-state index contributed by atoms with van der Waals surface area (Å²) >= 11 is 1.50. The van der Waals surface area contributed by atoms with Crippen LogP contribution in [0, 0.1) is 6.92 Å². The lowest BCUT2D eigenvalue weighted by Gasteiger charge is -2.18. The zero-order valence-corrected chi connectivity index (χ0v) is 12.8. The molecule has 1 amide bonds. The van der Waals surface area contributed by atoms with Crippen LogP contribution in [0.5, 0.6) is 0 Å². The molecule has 0 radical (unpaired) electrons. The Bertz CT molecular complexity index is 454. The van der Waals surface area contributed by atoms with Gasteiger partial charge in [-0.1, -0.05) is 13.3 Å². The van der Waals surface area contributed by atoms with Crippen molar-refractivity contribution in [2.45, 2.75) is 33.6 Å². The molecule has 1 rings (SSSR count). The number of hydrogen-bond acceptors (Lipinski definition) is 4. The zero-order valence-electron chi connectivity index (χ0n) is 12.0. The minimum atomic E-state index is -0.391. The topological polar surface area (TPSA) is 46.6 Å². The minimum absolute atomic E-state index is 0.00585. The summed E-state index contributed by atoms with van der Waals surface area (Å²) in [4.78, 5) is 27.0. The van der Waals surface area contributed by atoms with Crippen LogP contribution in [0.4, 0.5) is 0 Å². The Morgan fingerprint density at radius 2 is 2.05 bits per heavy atom. The number of rotatable bonds is 6. The molecule has 0 saturated heterocycles. The van der Waals surface area contributed by atoms with Gasteiger partial charge in [-0.15, -0.1) is 11.3 Å². The smallest absolute Gasteiger partial charge is 0.325 e. The van der Waals surface area contributed by atoms with Gasteiger partial charge in [0, 0.05) is 11.4 Å². The van der Waals surface area contributed by atoms with Gasteiger partial charge in [-0.05, 0) is 31.9 Å². The lowest BCUT2D eigenvalue weighted by atomic mass is 10.1. The average Bonchev–Trinajstić information content (AvgIpc) is 2.77. The molecule has 0 aliphatic heterocycles. The Morgan fingerprint density at radius 3 is 2.58 bits per heavy atom. The van der Waals surface area contributed by atoms with Crippen molar-refractivity contribution in [1.29, 1.82) is 0 Å². The second-order valence-electron chi connectivity index (χ2n) is 4.34. The van der Waals surface area contributed by atoms with E-state index < -0.39 is 5.97 Å². The summed E-state index contributed by atoms with van der Waals surface area (Å²) in [7, 11) is 1.33. The molecule has 106 valence electrons. The van der Waals surface area contributed by atoms with Crippen LogP contribution in [0.2, 0.25) is 0 Å². The van der Waals surface area contributed by atoms with E-state index in [2.05, 4.69) is 11.7 Å². The molecule has 5 heteroatoms. The number of likely N-dealkylation sites (N-methyl/N-ethyl adjacent to an activating group) is 1. The third-order valence-electron chi connectivity index (χ3n) is 2.97. The van der Waals surface area contributed by atoms with E-state index in [0.29, 0.717) is 11.4 Å². The molecule has 0 unspecified atom stereocenters. The van der Waals surface area contributed by atoms with Crippen LogP contribution >= 0.6 is 11.3 Å². The van der Waals surface area contributed by atoms with Gasteiger partial charge in [-0.2, -0.15) is 0 Å². The van der Waals surface area contributed by atoms with Gasteiger partial charge in [-0.25, -0.2) is 0 Å². The predicted molar refractivity (Wildman–Crippen MR) is 76.6 cm³/mol. The molecule has 0 atom stereocenters. The van der Waals surface area contributed by atoms with Crippen LogP contribution in [0.25, 0.3) is 0 Å². The van der Waals surface area contributed by atoms with Crippen molar-refractivity contribution < 1.29 is 14.3 Å². The standard InChI is InChI=1S/C14H21NO3S/c1-5-7-11-8-12(19-10(11)3)14(17)15(6-2)9-13(16)18-4/h8H,5-7,9H2,1-4H3. The SMILES string of the molecule is CCCc1cc(C(=O)N(CC)CC(=O)OC)sc1C. The highest BCUT2D eigenvalue weighted by Crippen LogP contribution is 2.24.